The second-order valence-corrected chi connectivity index (χ2v) is 6.30. The zero-order valence-corrected chi connectivity index (χ0v) is 15.3. The topological polar surface area (TPSA) is 117 Å². The molecular weight excluding hydrogens is 424 g/mol. The van der Waals surface area contributed by atoms with Crippen molar-refractivity contribution in [3.63, 3.8) is 0 Å². The first-order chi connectivity index (χ1) is 12.9. The molecule has 27 heavy (non-hydrogen) atoms. The average molecular weight is 437 g/mol. The van der Waals surface area contributed by atoms with Crippen molar-refractivity contribution < 1.29 is 28.7 Å². The third-order valence-corrected chi connectivity index (χ3v) is 4.21. The number of benzene rings is 2. The van der Waals surface area contributed by atoms with Gasteiger partial charge in [-0.1, -0.05) is 12.1 Å². The number of rotatable bonds is 5. The van der Waals surface area contributed by atoms with Gasteiger partial charge in [-0.2, -0.15) is 0 Å². The van der Waals surface area contributed by atoms with Gasteiger partial charge in [0, 0.05) is 16.6 Å². The molecule has 0 aromatic heterocycles. The summed E-state index contributed by atoms with van der Waals surface area (Å²) < 4.78 is 16.2. The van der Waals surface area contributed by atoms with E-state index < -0.39 is 29.5 Å². The minimum atomic E-state index is -0.973. The van der Waals surface area contributed by atoms with Gasteiger partial charge in [-0.15, -0.1) is 0 Å². The molecule has 0 saturated heterocycles. The van der Waals surface area contributed by atoms with E-state index in [0.29, 0.717) is 21.7 Å². The molecule has 140 valence electrons. The van der Waals surface area contributed by atoms with Crippen molar-refractivity contribution in [3.8, 4) is 11.5 Å². The molecule has 0 fully saturated rings. The van der Waals surface area contributed by atoms with Gasteiger partial charge in [-0.3, -0.25) is 14.9 Å². The lowest BCUT2D eigenvalue weighted by Gasteiger charge is -2.24. The molecule has 10 heteroatoms. The molecule has 1 N–H and O–H groups in total. The van der Waals surface area contributed by atoms with Crippen molar-refractivity contribution in [2.45, 2.75) is 6.10 Å². The monoisotopic (exact) mass is 436 g/mol. The van der Waals surface area contributed by atoms with Gasteiger partial charge in [0.1, 0.15) is 6.61 Å². The molecule has 9 nitrogen and oxygen atoms in total. The Kier molecular flexibility index (Phi) is 5.55. The van der Waals surface area contributed by atoms with E-state index in [9.17, 15) is 19.7 Å². The van der Waals surface area contributed by atoms with Gasteiger partial charge in [0.25, 0.3) is 11.6 Å². The van der Waals surface area contributed by atoms with Gasteiger partial charge in [-0.25, -0.2) is 4.79 Å². The van der Waals surface area contributed by atoms with Gasteiger partial charge in [0.15, 0.2) is 18.1 Å². The minimum absolute atomic E-state index is 0.0225. The molecule has 0 saturated carbocycles. The fraction of sp³-hybridized carbons (Fsp3) is 0.176. The number of carbonyl (C=O) groups excluding carboxylic acids is 2. The number of nitro benzene ring substituents is 1. The van der Waals surface area contributed by atoms with Crippen molar-refractivity contribution in [2.75, 3.05) is 18.5 Å². The third kappa shape index (κ3) is 4.53. The molecule has 0 radical (unpaired) electrons. The van der Waals surface area contributed by atoms with E-state index in [1.807, 2.05) is 0 Å². The maximum absolute atomic E-state index is 12.1. The normalized spacial score (nSPS) is 14.9. The Bertz CT molecular complexity index is 903. The van der Waals surface area contributed by atoms with Crippen LogP contribution in [0.4, 0.5) is 11.4 Å². The number of carbonyl (C=O) groups is 2. The van der Waals surface area contributed by atoms with Crippen LogP contribution in [-0.4, -0.2) is 36.1 Å². The molecule has 2 aromatic rings. The summed E-state index contributed by atoms with van der Waals surface area (Å²) in [6.07, 6.45) is -0.973. The molecule has 0 bridgehead atoms. The SMILES string of the molecule is O=C(COC(=O)[C@@H]1COc2ccccc2O1)Nc1ccc([N+](=O)[O-])cc1Br. The lowest BCUT2D eigenvalue weighted by molar-refractivity contribution is -0.384. The highest BCUT2D eigenvalue weighted by atomic mass is 79.9. The number of esters is 1. The van der Waals surface area contributed by atoms with Gasteiger partial charge in [-0.05, 0) is 34.1 Å². The second kappa shape index (κ2) is 8.04. The summed E-state index contributed by atoms with van der Waals surface area (Å²) in [5.41, 5.74) is 0.189. The summed E-state index contributed by atoms with van der Waals surface area (Å²) >= 11 is 3.14. The van der Waals surface area contributed by atoms with E-state index in [-0.39, 0.29) is 12.3 Å². The van der Waals surface area contributed by atoms with Crippen molar-refractivity contribution in [2.24, 2.45) is 0 Å². The molecule has 0 spiro atoms. The van der Waals surface area contributed by atoms with Crippen LogP contribution >= 0.6 is 15.9 Å². The molecule has 1 atom stereocenters. The van der Waals surface area contributed by atoms with Crippen LogP contribution in [0.3, 0.4) is 0 Å². The predicted octanol–water partition coefficient (Wildman–Crippen LogP) is 2.68. The zero-order chi connectivity index (χ0) is 19.4. The zero-order valence-electron chi connectivity index (χ0n) is 13.7. The van der Waals surface area contributed by atoms with Crippen LogP contribution in [0, 0.1) is 10.1 Å². The molecule has 0 aliphatic carbocycles. The third-order valence-electron chi connectivity index (χ3n) is 3.55. The summed E-state index contributed by atoms with van der Waals surface area (Å²) in [5, 5.41) is 13.2. The smallest absolute Gasteiger partial charge is 0.351 e. The number of halogens is 1. The number of ether oxygens (including phenoxy) is 3. The number of amides is 1. The molecule has 1 heterocycles. The Morgan fingerprint density at radius 3 is 2.70 bits per heavy atom. The lowest BCUT2D eigenvalue weighted by atomic mass is 10.2. The number of hydrogen-bond donors (Lipinski definition) is 1. The van der Waals surface area contributed by atoms with E-state index in [1.165, 1.54) is 18.2 Å². The Morgan fingerprint density at radius 1 is 1.26 bits per heavy atom. The number of fused-ring (bicyclic) bond motifs is 1. The van der Waals surface area contributed by atoms with Crippen molar-refractivity contribution >= 4 is 39.2 Å². The van der Waals surface area contributed by atoms with E-state index in [1.54, 1.807) is 24.3 Å². The maximum Gasteiger partial charge on any atom is 0.351 e. The Labute approximate surface area is 161 Å². The summed E-state index contributed by atoms with van der Waals surface area (Å²) in [6.45, 7) is -0.560. The first-order valence-corrected chi connectivity index (χ1v) is 8.52. The molecule has 3 rings (SSSR count). The molecule has 1 amide bonds. The summed E-state index contributed by atoms with van der Waals surface area (Å²) in [4.78, 5) is 34.2. The largest absolute Gasteiger partial charge is 0.485 e. The number of anilines is 1. The number of nitrogens with one attached hydrogen (secondary N) is 1. The summed E-state index contributed by atoms with van der Waals surface area (Å²) in [6, 6.07) is 10.8. The van der Waals surface area contributed by atoms with Crippen LogP contribution in [0.15, 0.2) is 46.9 Å². The number of nitro groups is 1. The van der Waals surface area contributed by atoms with Crippen molar-refractivity contribution in [3.05, 3.63) is 57.1 Å². The lowest BCUT2D eigenvalue weighted by Crippen LogP contribution is -2.39. The van der Waals surface area contributed by atoms with Crippen LogP contribution in [0.5, 0.6) is 11.5 Å². The Morgan fingerprint density at radius 2 is 2.00 bits per heavy atom. The fourth-order valence-corrected chi connectivity index (χ4v) is 2.74. The molecule has 1 aliphatic rings. The van der Waals surface area contributed by atoms with Gasteiger partial charge < -0.3 is 19.5 Å². The Balaban J connectivity index is 1.52. The van der Waals surface area contributed by atoms with Gasteiger partial charge >= 0.3 is 5.97 Å². The quantitative estimate of drug-likeness (QED) is 0.434. The molecule has 0 unspecified atom stereocenters. The molecular formula is C17H13BrN2O7. The van der Waals surface area contributed by atoms with E-state index in [4.69, 9.17) is 14.2 Å². The molecule has 2 aromatic carbocycles. The molecule has 1 aliphatic heterocycles. The van der Waals surface area contributed by atoms with E-state index >= 15 is 0 Å². The summed E-state index contributed by atoms with van der Waals surface area (Å²) in [7, 11) is 0. The second-order valence-electron chi connectivity index (χ2n) is 5.44. The van der Waals surface area contributed by atoms with Crippen molar-refractivity contribution in [1.82, 2.24) is 0 Å². The minimum Gasteiger partial charge on any atom is -0.485 e. The van der Waals surface area contributed by atoms with Gasteiger partial charge in [0.2, 0.25) is 6.10 Å². The highest BCUT2D eigenvalue weighted by Gasteiger charge is 2.29. The van der Waals surface area contributed by atoms with Crippen LogP contribution < -0.4 is 14.8 Å². The van der Waals surface area contributed by atoms with Gasteiger partial charge in [0.05, 0.1) is 10.6 Å². The fourth-order valence-electron chi connectivity index (χ4n) is 2.27. The standard InChI is InChI=1S/C17H13BrN2O7/c18-11-7-10(20(23)24)5-6-12(11)19-16(21)9-26-17(22)15-8-25-13-3-1-2-4-14(13)27-15/h1-7,15H,8-9H2,(H,19,21)/t15-/m0/s1. The first-order valence-electron chi connectivity index (χ1n) is 7.73. The Hall–Kier alpha value is -3.14. The van der Waals surface area contributed by atoms with Crippen LogP contribution in [0.2, 0.25) is 0 Å². The van der Waals surface area contributed by atoms with Crippen LogP contribution in [-0.2, 0) is 14.3 Å². The van der Waals surface area contributed by atoms with Crippen molar-refractivity contribution in [1.29, 1.82) is 0 Å². The number of para-hydroxylation sites is 2. The predicted molar refractivity (Wildman–Crippen MR) is 96.7 cm³/mol. The van der Waals surface area contributed by atoms with E-state index in [2.05, 4.69) is 21.2 Å². The number of non-ortho nitro benzene ring substituents is 1. The first kappa shape index (κ1) is 18.6. The highest BCUT2D eigenvalue weighted by molar-refractivity contribution is 9.10. The highest BCUT2D eigenvalue weighted by Crippen LogP contribution is 2.31. The maximum atomic E-state index is 12.1. The number of nitrogens with zero attached hydrogens (tertiary/aromatic N) is 1. The van der Waals surface area contributed by atoms with E-state index in [0.717, 1.165) is 0 Å². The van der Waals surface area contributed by atoms with Crippen LogP contribution in [0.25, 0.3) is 0 Å². The number of hydrogen-bond acceptors (Lipinski definition) is 7. The average Bonchev–Trinajstić information content (AvgIpc) is 2.67. The van der Waals surface area contributed by atoms with Crippen LogP contribution in [0.1, 0.15) is 0 Å². The summed E-state index contributed by atoms with van der Waals surface area (Å²) in [5.74, 6) is -0.385.